The molecule has 1 unspecified atom stereocenters. The summed E-state index contributed by atoms with van der Waals surface area (Å²) in [5, 5.41) is 12.8. The van der Waals surface area contributed by atoms with Gasteiger partial charge in [-0.05, 0) is 30.5 Å². The zero-order valence-electron chi connectivity index (χ0n) is 15.0. The minimum Gasteiger partial charge on any atom is -0.370 e. The van der Waals surface area contributed by atoms with Gasteiger partial charge < -0.3 is 15.6 Å². The van der Waals surface area contributed by atoms with E-state index in [4.69, 9.17) is 5.73 Å². The molecule has 146 valence electrons. The lowest BCUT2D eigenvalue weighted by molar-refractivity contribution is -0.118. The van der Waals surface area contributed by atoms with Gasteiger partial charge in [-0.2, -0.15) is 0 Å². The number of thiophene rings is 1. The number of anilines is 1. The molecule has 0 aliphatic heterocycles. The Morgan fingerprint density at radius 3 is 2.75 bits per heavy atom. The van der Waals surface area contributed by atoms with Crippen molar-refractivity contribution in [3.05, 3.63) is 47.6 Å². The van der Waals surface area contributed by atoms with Crippen LogP contribution < -0.4 is 11.1 Å². The molecule has 0 fully saturated rings. The van der Waals surface area contributed by atoms with Crippen molar-refractivity contribution in [2.75, 3.05) is 5.32 Å². The first-order chi connectivity index (χ1) is 13.5. The van der Waals surface area contributed by atoms with Gasteiger partial charge in [-0.3, -0.25) is 9.59 Å². The van der Waals surface area contributed by atoms with Crippen molar-refractivity contribution >= 4 is 40.6 Å². The summed E-state index contributed by atoms with van der Waals surface area (Å²) in [7, 11) is 0. The Kier molecular flexibility index (Phi) is 6.42. The summed E-state index contributed by atoms with van der Waals surface area (Å²) in [4.78, 5) is 24.6. The Hall–Kier alpha value is -2.72. The summed E-state index contributed by atoms with van der Waals surface area (Å²) < 4.78 is 15.5. The number of para-hydroxylation sites is 1. The molecule has 0 saturated heterocycles. The highest BCUT2D eigenvalue weighted by molar-refractivity contribution is 8.00. The number of carbonyl (C=O) groups excluding carboxylic acids is 2. The van der Waals surface area contributed by atoms with Crippen molar-refractivity contribution in [1.29, 1.82) is 0 Å². The maximum Gasteiger partial charge on any atom is 0.237 e. The van der Waals surface area contributed by atoms with E-state index in [1.165, 1.54) is 35.2 Å². The van der Waals surface area contributed by atoms with Crippen LogP contribution in [0.25, 0.3) is 10.7 Å². The molecule has 0 bridgehead atoms. The predicted octanol–water partition coefficient (Wildman–Crippen LogP) is 3.14. The second kappa shape index (κ2) is 8.98. The Morgan fingerprint density at radius 1 is 1.29 bits per heavy atom. The number of nitrogens with zero attached hydrogens (tertiary/aromatic N) is 3. The Morgan fingerprint density at radius 2 is 2.07 bits per heavy atom. The van der Waals surface area contributed by atoms with Crippen LogP contribution in [0.3, 0.4) is 0 Å². The van der Waals surface area contributed by atoms with E-state index in [1.54, 1.807) is 23.6 Å². The number of thioether (sulfide) groups is 1. The third kappa shape index (κ3) is 4.76. The zero-order valence-corrected chi connectivity index (χ0v) is 16.6. The molecule has 0 aliphatic carbocycles. The Labute approximate surface area is 169 Å². The third-order valence-corrected chi connectivity index (χ3v) is 5.77. The summed E-state index contributed by atoms with van der Waals surface area (Å²) in [6, 6.07) is 9.76. The summed E-state index contributed by atoms with van der Waals surface area (Å²) in [5.74, 6) is -0.692. The van der Waals surface area contributed by atoms with E-state index >= 15 is 0 Å². The summed E-state index contributed by atoms with van der Waals surface area (Å²) in [6.45, 7) is 2.00. The van der Waals surface area contributed by atoms with E-state index < -0.39 is 17.0 Å². The molecule has 0 radical (unpaired) electrons. The van der Waals surface area contributed by atoms with Gasteiger partial charge in [-0.1, -0.05) is 30.0 Å². The number of halogens is 1. The highest BCUT2D eigenvalue weighted by Gasteiger charge is 2.22. The van der Waals surface area contributed by atoms with Crippen molar-refractivity contribution in [1.82, 2.24) is 14.8 Å². The van der Waals surface area contributed by atoms with Gasteiger partial charge in [0.25, 0.3) is 0 Å². The molecular formula is C18H18FN5O2S2. The van der Waals surface area contributed by atoms with E-state index in [0.717, 1.165) is 4.88 Å². The van der Waals surface area contributed by atoms with Crippen molar-refractivity contribution < 1.29 is 14.0 Å². The number of aromatic nitrogens is 3. The number of amides is 2. The second-order valence-corrected chi connectivity index (χ2v) is 8.14. The normalized spacial score (nSPS) is 11.9. The number of primary amides is 1. The first kappa shape index (κ1) is 20.0. The molecule has 2 heterocycles. The third-order valence-electron chi connectivity index (χ3n) is 3.82. The molecule has 3 N–H and O–H groups in total. The first-order valence-corrected chi connectivity index (χ1v) is 10.2. The maximum absolute atomic E-state index is 13.8. The molecule has 2 amide bonds. The van der Waals surface area contributed by atoms with Crippen LogP contribution in [0.5, 0.6) is 0 Å². The van der Waals surface area contributed by atoms with Crippen LogP contribution in [-0.2, 0) is 16.1 Å². The fraction of sp³-hybridized carbons (Fsp3) is 0.222. The number of rotatable bonds is 8. The van der Waals surface area contributed by atoms with Crippen LogP contribution >= 0.6 is 23.1 Å². The van der Waals surface area contributed by atoms with E-state index in [-0.39, 0.29) is 18.0 Å². The predicted molar refractivity (Wildman–Crippen MR) is 107 cm³/mol. The molecule has 0 aliphatic rings. The minimum absolute atomic E-state index is 0.120. The minimum atomic E-state index is -0.563. The number of hydrogen-bond donors (Lipinski definition) is 2. The SMILES string of the molecule is CC(Sc1nnc(-c2cccs2)n1CCC(N)=O)C(=O)Nc1ccccc1F. The smallest absolute Gasteiger partial charge is 0.237 e. The highest BCUT2D eigenvalue weighted by Crippen LogP contribution is 2.30. The van der Waals surface area contributed by atoms with Crippen LogP contribution in [0, 0.1) is 5.82 Å². The van der Waals surface area contributed by atoms with Crippen LogP contribution in [0.15, 0.2) is 46.9 Å². The average molecular weight is 420 g/mol. The van der Waals surface area contributed by atoms with Gasteiger partial charge in [0.1, 0.15) is 5.82 Å². The quantitative estimate of drug-likeness (QED) is 0.546. The van der Waals surface area contributed by atoms with Crippen molar-refractivity contribution in [3.63, 3.8) is 0 Å². The van der Waals surface area contributed by atoms with Crippen LogP contribution in [0.2, 0.25) is 0 Å². The highest BCUT2D eigenvalue weighted by atomic mass is 32.2. The Balaban J connectivity index is 1.78. The van der Waals surface area contributed by atoms with E-state index in [2.05, 4.69) is 15.5 Å². The van der Waals surface area contributed by atoms with Gasteiger partial charge >= 0.3 is 0 Å². The number of nitrogens with one attached hydrogen (secondary N) is 1. The molecular weight excluding hydrogens is 401 g/mol. The van der Waals surface area contributed by atoms with Gasteiger partial charge in [0.15, 0.2) is 11.0 Å². The summed E-state index contributed by atoms with van der Waals surface area (Å²) in [6.07, 6.45) is 0.125. The van der Waals surface area contributed by atoms with Gasteiger partial charge in [-0.15, -0.1) is 21.5 Å². The molecule has 3 aromatic rings. The standard InChI is InChI=1S/C18H18FN5O2S2/c1-11(17(26)21-13-6-3-2-5-12(13)19)28-18-23-22-16(14-7-4-10-27-14)24(18)9-8-15(20)25/h2-7,10-11H,8-9H2,1H3,(H2,20,25)(H,21,26). The number of nitrogens with two attached hydrogens (primary N) is 1. The summed E-state index contributed by atoms with van der Waals surface area (Å²) >= 11 is 2.68. The summed E-state index contributed by atoms with van der Waals surface area (Å²) in [5.41, 5.74) is 5.40. The number of carbonyl (C=O) groups is 2. The molecule has 2 aromatic heterocycles. The fourth-order valence-corrected chi connectivity index (χ4v) is 3.99. The van der Waals surface area contributed by atoms with Crippen molar-refractivity contribution in [2.45, 2.75) is 30.3 Å². The molecule has 1 aromatic carbocycles. The van der Waals surface area contributed by atoms with Gasteiger partial charge in [0.05, 0.1) is 15.8 Å². The van der Waals surface area contributed by atoms with Crippen LogP contribution in [-0.4, -0.2) is 31.8 Å². The molecule has 3 rings (SSSR count). The largest absolute Gasteiger partial charge is 0.370 e. The van der Waals surface area contributed by atoms with E-state index in [1.807, 2.05) is 17.5 Å². The molecule has 7 nitrogen and oxygen atoms in total. The monoisotopic (exact) mass is 419 g/mol. The molecule has 1 atom stereocenters. The van der Waals surface area contributed by atoms with Gasteiger partial charge in [0, 0.05) is 13.0 Å². The lowest BCUT2D eigenvalue weighted by atomic mass is 10.3. The second-order valence-electron chi connectivity index (χ2n) is 5.88. The van der Waals surface area contributed by atoms with E-state index in [9.17, 15) is 14.0 Å². The molecule has 10 heteroatoms. The first-order valence-electron chi connectivity index (χ1n) is 8.43. The molecule has 28 heavy (non-hydrogen) atoms. The van der Waals surface area contributed by atoms with Crippen LogP contribution in [0.1, 0.15) is 13.3 Å². The molecule has 0 spiro atoms. The number of hydrogen-bond acceptors (Lipinski definition) is 6. The lowest BCUT2D eigenvalue weighted by Crippen LogP contribution is -2.23. The van der Waals surface area contributed by atoms with Crippen molar-refractivity contribution in [2.24, 2.45) is 5.73 Å². The maximum atomic E-state index is 13.8. The molecule has 0 saturated carbocycles. The zero-order chi connectivity index (χ0) is 20.1. The topological polar surface area (TPSA) is 103 Å². The van der Waals surface area contributed by atoms with Gasteiger partial charge in [-0.25, -0.2) is 4.39 Å². The van der Waals surface area contributed by atoms with Crippen molar-refractivity contribution in [3.8, 4) is 10.7 Å². The average Bonchev–Trinajstić information content (AvgIpc) is 3.31. The van der Waals surface area contributed by atoms with E-state index in [0.29, 0.717) is 17.5 Å². The van der Waals surface area contributed by atoms with Crippen LogP contribution in [0.4, 0.5) is 10.1 Å². The van der Waals surface area contributed by atoms with Gasteiger partial charge in [0.2, 0.25) is 11.8 Å². The fourth-order valence-electron chi connectivity index (χ4n) is 2.40. The Bertz CT molecular complexity index is 974. The lowest BCUT2D eigenvalue weighted by Gasteiger charge is -2.13. The number of benzene rings is 1.